The maximum Gasteiger partial charge on any atom is 0.126 e. The molecule has 0 aromatic heterocycles. The van der Waals surface area contributed by atoms with Gasteiger partial charge in [-0.15, -0.1) is 0 Å². The highest BCUT2D eigenvalue weighted by atomic mass is 16.5. The van der Waals surface area contributed by atoms with Gasteiger partial charge in [-0.1, -0.05) is 29.8 Å². The third-order valence-corrected chi connectivity index (χ3v) is 1.73. The molecule has 1 aromatic rings. The molecule has 0 saturated carbocycles. The minimum absolute atomic E-state index is 0.224. The molecule has 0 saturated heterocycles. The van der Waals surface area contributed by atoms with Crippen molar-refractivity contribution >= 4 is 6.08 Å². The molecule has 1 aromatic carbocycles. The van der Waals surface area contributed by atoms with Crippen LogP contribution < -0.4 is 4.74 Å². The Balaban J connectivity index is 2.97. The molecule has 76 valence electrons. The highest BCUT2D eigenvalue weighted by molar-refractivity contribution is 5.58. The Kier molecular flexibility index (Phi) is 3.75. The first-order valence-corrected chi connectivity index (χ1v) is 5.00. The van der Waals surface area contributed by atoms with E-state index < -0.39 is 0 Å². The Morgan fingerprint density at radius 3 is 2.43 bits per heavy atom. The minimum Gasteiger partial charge on any atom is -0.490 e. The van der Waals surface area contributed by atoms with E-state index in [1.54, 1.807) is 0 Å². The van der Waals surface area contributed by atoms with Crippen LogP contribution in [0, 0.1) is 0 Å². The monoisotopic (exact) mass is 190 g/mol. The third-order valence-electron chi connectivity index (χ3n) is 1.73. The van der Waals surface area contributed by atoms with Gasteiger partial charge >= 0.3 is 0 Å². The standard InChI is InChI=1S/C13H18O/c1-10(2)9-12-7-5-6-8-13(12)14-11(3)4/h5-9,11H,1-4H3. The molecule has 0 bridgehead atoms. The molecule has 1 nitrogen and oxygen atoms in total. The van der Waals surface area contributed by atoms with Gasteiger partial charge in [0, 0.05) is 5.56 Å². The van der Waals surface area contributed by atoms with Gasteiger partial charge in [-0.3, -0.25) is 0 Å². The van der Waals surface area contributed by atoms with Gasteiger partial charge in [-0.25, -0.2) is 0 Å². The van der Waals surface area contributed by atoms with E-state index in [1.165, 1.54) is 5.57 Å². The fourth-order valence-corrected chi connectivity index (χ4v) is 1.27. The van der Waals surface area contributed by atoms with Gasteiger partial charge in [0.2, 0.25) is 0 Å². The second-order valence-corrected chi connectivity index (χ2v) is 3.93. The summed E-state index contributed by atoms with van der Waals surface area (Å²) in [4.78, 5) is 0. The van der Waals surface area contributed by atoms with Crippen LogP contribution in [0.2, 0.25) is 0 Å². The van der Waals surface area contributed by atoms with E-state index in [0.717, 1.165) is 11.3 Å². The molecule has 0 N–H and O–H groups in total. The summed E-state index contributed by atoms with van der Waals surface area (Å²) >= 11 is 0. The molecule has 0 aliphatic rings. The lowest BCUT2D eigenvalue weighted by atomic mass is 10.1. The van der Waals surface area contributed by atoms with Crippen LogP contribution in [-0.2, 0) is 0 Å². The van der Waals surface area contributed by atoms with Crippen LogP contribution in [0.5, 0.6) is 5.75 Å². The van der Waals surface area contributed by atoms with E-state index in [1.807, 2.05) is 32.0 Å². The molecule has 0 spiro atoms. The number of rotatable bonds is 3. The summed E-state index contributed by atoms with van der Waals surface area (Å²) in [5.74, 6) is 0.962. The van der Waals surface area contributed by atoms with Gasteiger partial charge < -0.3 is 4.74 Å². The lowest BCUT2D eigenvalue weighted by molar-refractivity contribution is 0.242. The third kappa shape index (κ3) is 3.25. The molecule has 0 atom stereocenters. The lowest BCUT2D eigenvalue weighted by Gasteiger charge is -2.12. The molecule has 1 rings (SSSR count). The van der Waals surface area contributed by atoms with Crippen LogP contribution in [0.4, 0.5) is 0 Å². The Morgan fingerprint density at radius 1 is 1.21 bits per heavy atom. The van der Waals surface area contributed by atoms with Crippen molar-refractivity contribution in [3.63, 3.8) is 0 Å². The number of ether oxygens (including phenoxy) is 1. The minimum atomic E-state index is 0.224. The summed E-state index contributed by atoms with van der Waals surface area (Å²) in [6.07, 6.45) is 2.36. The topological polar surface area (TPSA) is 9.23 Å². The predicted octanol–water partition coefficient (Wildman–Crippen LogP) is 3.90. The van der Waals surface area contributed by atoms with Crippen LogP contribution in [-0.4, -0.2) is 6.10 Å². The van der Waals surface area contributed by atoms with Crippen molar-refractivity contribution in [2.45, 2.75) is 33.8 Å². The number of benzene rings is 1. The van der Waals surface area contributed by atoms with E-state index in [9.17, 15) is 0 Å². The Labute approximate surface area is 86.4 Å². The number of hydrogen-bond acceptors (Lipinski definition) is 1. The molecule has 14 heavy (non-hydrogen) atoms. The number of para-hydroxylation sites is 1. The normalized spacial score (nSPS) is 10.1. The van der Waals surface area contributed by atoms with E-state index in [0.29, 0.717) is 0 Å². The molecule has 0 heterocycles. The SMILES string of the molecule is CC(C)=Cc1ccccc1OC(C)C. The summed E-state index contributed by atoms with van der Waals surface area (Å²) in [6, 6.07) is 8.11. The average Bonchev–Trinajstić information content (AvgIpc) is 2.06. The fourth-order valence-electron chi connectivity index (χ4n) is 1.27. The van der Waals surface area contributed by atoms with Crippen molar-refractivity contribution in [3.8, 4) is 5.75 Å². The van der Waals surface area contributed by atoms with Crippen LogP contribution in [0.3, 0.4) is 0 Å². The van der Waals surface area contributed by atoms with E-state index in [2.05, 4.69) is 26.0 Å². The van der Waals surface area contributed by atoms with Crippen molar-refractivity contribution in [2.75, 3.05) is 0 Å². The largest absolute Gasteiger partial charge is 0.490 e. The molecule has 0 amide bonds. The van der Waals surface area contributed by atoms with Gasteiger partial charge in [0.25, 0.3) is 0 Å². The lowest BCUT2D eigenvalue weighted by Crippen LogP contribution is -2.06. The first-order valence-electron chi connectivity index (χ1n) is 5.00. The van der Waals surface area contributed by atoms with E-state index in [-0.39, 0.29) is 6.10 Å². The maximum absolute atomic E-state index is 5.70. The molecule has 0 radical (unpaired) electrons. The van der Waals surface area contributed by atoms with Crippen LogP contribution >= 0.6 is 0 Å². The van der Waals surface area contributed by atoms with Gasteiger partial charge in [0.05, 0.1) is 6.10 Å². The zero-order valence-corrected chi connectivity index (χ0v) is 9.37. The van der Waals surface area contributed by atoms with Gasteiger partial charge in [0.1, 0.15) is 5.75 Å². The maximum atomic E-state index is 5.70. The second-order valence-electron chi connectivity index (χ2n) is 3.93. The smallest absolute Gasteiger partial charge is 0.126 e. The molecule has 0 aliphatic heterocycles. The molecule has 0 aliphatic carbocycles. The van der Waals surface area contributed by atoms with Crippen molar-refractivity contribution < 1.29 is 4.74 Å². The second kappa shape index (κ2) is 4.85. The van der Waals surface area contributed by atoms with Crippen molar-refractivity contribution in [1.82, 2.24) is 0 Å². The average molecular weight is 190 g/mol. The van der Waals surface area contributed by atoms with Crippen LogP contribution in [0.1, 0.15) is 33.3 Å². The number of hydrogen-bond donors (Lipinski definition) is 0. The summed E-state index contributed by atoms with van der Waals surface area (Å²) in [6.45, 7) is 8.26. The van der Waals surface area contributed by atoms with Crippen molar-refractivity contribution in [1.29, 1.82) is 0 Å². The van der Waals surface area contributed by atoms with Crippen LogP contribution in [0.15, 0.2) is 29.8 Å². The zero-order chi connectivity index (χ0) is 10.6. The molecule has 0 fully saturated rings. The summed E-state index contributed by atoms with van der Waals surface area (Å²) in [5, 5.41) is 0. The van der Waals surface area contributed by atoms with Gasteiger partial charge in [-0.05, 0) is 33.8 Å². The first kappa shape index (κ1) is 10.8. The highest BCUT2D eigenvalue weighted by Gasteiger charge is 2.01. The van der Waals surface area contributed by atoms with E-state index >= 15 is 0 Å². The van der Waals surface area contributed by atoms with Crippen LogP contribution in [0.25, 0.3) is 6.08 Å². The summed E-state index contributed by atoms with van der Waals surface area (Å²) in [7, 11) is 0. The Morgan fingerprint density at radius 2 is 1.86 bits per heavy atom. The molecule has 0 unspecified atom stereocenters. The van der Waals surface area contributed by atoms with Gasteiger partial charge in [0.15, 0.2) is 0 Å². The molecular formula is C13H18O. The Bertz CT molecular complexity index is 320. The Hall–Kier alpha value is -1.24. The van der Waals surface area contributed by atoms with Crippen molar-refractivity contribution in [2.24, 2.45) is 0 Å². The predicted molar refractivity (Wildman–Crippen MR) is 61.5 cm³/mol. The quantitative estimate of drug-likeness (QED) is 0.702. The van der Waals surface area contributed by atoms with Gasteiger partial charge in [-0.2, -0.15) is 0 Å². The first-order chi connectivity index (χ1) is 6.59. The molecule has 1 heteroatoms. The van der Waals surface area contributed by atoms with Crippen molar-refractivity contribution in [3.05, 3.63) is 35.4 Å². The summed E-state index contributed by atoms with van der Waals surface area (Å²) in [5.41, 5.74) is 2.44. The van der Waals surface area contributed by atoms with E-state index in [4.69, 9.17) is 4.74 Å². The highest BCUT2D eigenvalue weighted by Crippen LogP contribution is 2.21. The summed E-state index contributed by atoms with van der Waals surface area (Å²) < 4.78 is 5.70. The zero-order valence-electron chi connectivity index (χ0n) is 9.37. The number of allylic oxidation sites excluding steroid dienone is 1. The fraction of sp³-hybridized carbons (Fsp3) is 0.385. The molecular weight excluding hydrogens is 172 g/mol.